The quantitative estimate of drug-likeness (QED) is 0.940. The van der Waals surface area contributed by atoms with Gasteiger partial charge < -0.3 is 5.32 Å². The monoisotopic (exact) mass is 320 g/mol. The second-order valence-corrected chi connectivity index (χ2v) is 7.07. The Labute approximate surface area is 143 Å². The minimum atomic E-state index is -0.0907. The van der Waals surface area contributed by atoms with Crippen LogP contribution in [0.2, 0.25) is 0 Å². The SMILES string of the molecule is O=C1CCN(Cc2ccccc2)C2(Cc3ccccc3)CNCC12. The number of ketones is 1. The highest BCUT2D eigenvalue weighted by Gasteiger charge is 2.52. The first kappa shape index (κ1) is 15.6. The van der Waals surface area contributed by atoms with Crippen molar-refractivity contribution in [3.05, 3.63) is 71.8 Å². The summed E-state index contributed by atoms with van der Waals surface area (Å²) in [7, 11) is 0. The average molecular weight is 320 g/mol. The maximum Gasteiger partial charge on any atom is 0.140 e. The zero-order valence-corrected chi connectivity index (χ0v) is 13.9. The molecule has 2 fully saturated rings. The van der Waals surface area contributed by atoms with Gasteiger partial charge in [0.1, 0.15) is 5.78 Å². The van der Waals surface area contributed by atoms with Crippen molar-refractivity contribution in [3.8, 4) is 0 Å². The molecule has 124 valence electrons. The van der Waals surface area contributed by atoms with Crippen LogP contribution < -0.4 is 5.32 Å². The number of rotatable bonds is 4. The largest absolute Gasteiger partial charge is 0.314 e. The van der Waals surface area contributed by atoms with Gasteiger partial charge >= 0.3 is 0 Å². The van der Waals surface area contributed by atoms with Crippen molar-refractivity contribution in [3.63, 3.8) is 0 Å². The highest BCUT2D eigenvalue weighted by atomic mass is 16.1. The lowest BCUT2D eigenvalue weighted by Gasteiger charge is -2.48. The fourth-order valence-corrected chi connectivity index (χ4v) is 4.42. The van der Waals surface area contributed by atoms with Crippen LogP contribution in [0.4, 0.5) is 0 Å². The van der Waals surface area contributed by atoms with Crippen LogP contribution in [0.5, 0.6) is 0 Å². The lowest BCUT2D eigenvalue weighted by molar-refractivity contribution is -0.132. The lowest BCUT2D eigenvalue weighted by Crippen LogP contribution is -2.61. The third kappa shape index (κ3) is 2.79. The Hall–Kier alpha value is -1.97. The van der Waals surface area contributed by atoms with Gasteiger partial charge in [-0.1, -0.05) is 60.7 Å². The highest BCUT2D eigenvalue weighted by molar-refractivity contribution is 5.84. The number of Topliss-reactive ketones (excluding diaryl/α,β-unsaturated/α-hetero) is 1. The number of fused-ring (bicyclic) bond motifs is 1. The first-order valence-corrected chi connectivity index (χ1v) is 8.84. The Balaban J connectivity index is 1.67. The smallest absolute Gasteiger partial charge is 0.140 e. The van der Waals surface area contributed by atoms with E-state index in [9.17, 15) is 4.79 Å². The molecule has 2 unspecified atom stereocenters. The van der Waals surface area contributed by atoms with Crippen LogP contribution >= 0.6 is 0 Å². The van der Waals surface area contributed by atoms with Crippen molar-refractivity contribution in [2.24, 2.45) is 5.92 Å². The van der Waals surface area contributed by atoms with Crippen LogP contribution in [0.25, 0.3) is 0 Å². The summed E-state index contributed by atoms with van der Waals surface area (Å²) < 4.78 is 0. The van der Waals surface area contributed by atoms with Gasteiger partial charge in [-0.05, 0) is 17.5 Å². The first-order chi connectivity index (χ1) is 11.8. The van der Waals surface area contributed by atoms with Gasteiger partial charge in [0, 0.05) is 38.1 Å². The first-order valence-electron chi connectivity index (χ1n) is 8.84. The van der Waals surface area contributed by atoms with E-state index in [1.165, 1.54) is 11.1 Å². The molecule has 0 spiro atoms. The molecule has 2 aromatic carbocycles. The second kappa shape index (κ2) is 6.50. The minimum Gasteiger partial charge on any atom is -0.314 e. The molecule has 3 nitrogen and oxygen atoms in total. The van der Waals surface area contributed by atoms with Gasteiger partial charge in [-0.3, -0.25) is 9.69 Å². The fraction of sp³-hybridized carbons (Fsp3) is 0.381. The molecule has 0 aliphatic carbocycles. The summed E-state index contributed by atoms with van der Waals surface area (Å²) in [5.74, 6) is 0.537. The Morgan fingerprint density at radius 2 is 1.67 bits per heavy atom. The molecular weight excluding hydrogens is 296 g/mol. The Morgan fingerprint density at radius 3 is 2.38 bits per heavy atom. The van der Waals surface area contributed by atoms with Gasteiger partial charge in [0.25, 0.3) is 0 Å². The van der Waals surface area contributed by atoms with E-state index in [4.69, 9.17) is 0 Å². The van der Waals surface area contributed by atoms with E-state index in [1.54, 1.807) is 0 Å². The standard InChI is InChI=1S/C21H24N2O/c24-20-11-12-23(15-18-9-5-2-6-10-18)21(16-22-14-19(20)21)13-17-7-3-1-4-8-17/h1-10,19,22H,11-16H2. The van der Waals surface area contributed by atoms with Crippen LogP contribution in [0.1, 0.15) is 17.5 Å². The van der Waals surface area contributed by atoms with Gasteiger partial charge in [-0.2, -0.15) is 0 Å². The van der Waals surface area contributed by atoms with Crippen LogP contribution in [0, 0.1) is 5.92 Å². The summed E-state index contributed by atoms with van der Waals surface area (Å²) in [6, 6.07) is 21.2. The van der Waals surface area contributed by atoms with Crippen LogP contribution in [-0.2, 0) is 17.8 Å². The molecule has 0 bridgehead atoms. The molecule has 1 N–H and O–H groups in total. The van der Waals surface area contributed by atoms with Crippen molar-refractivity contribution >= 4 is 5.78 Å². The molecule has 4 rings (SSSR count). The van der Waals surface area contributed by atoms with Crippen molar-refractivity contribution < 1.29 is 4.79 Å². The molecule has 2 aliphatic rings. The predicted octanol–water partition coefficient (Wildman–Crippen LogP) is 2.66. The molecule has 2 atom stereocenters. The summed E-state index contributed by atoms with van der Waals surface area (Å²) in [4.78, 5) is 15.2. The maximum absolute atomic E-state index is 12.6. The summed E-state index contributed by atoms with van der Waals surface area (Å²) in [6.45, 7) is 3.49. The van der Waals surface area contributed by atoms with Crippen molar-refractivity contribution in [1.82, 2.24) is 10.2 Å². The van der Waals surface area contributed by atoms with E-state index >= 15 is 0 Å². The van der Waals surface area contributed by atoms with E-state index in [0.717, 1.165) is 32.6 Å². The summed E-state index contributed by atoms with van der Waals surface area (Å²) >= 11 is 0. The zero-order chi connectivity index (χ0) is 16.4. The molecule has 0 amide bonds. The molecule has 24 heavy (non-hydrogen) atoms. The number of benzene rings is 2. The second-order valence-electron chi connectivity index (χ2n) is 7.07. The molecule has 2 saturated heterocycles. The van der Waals surface area contributed by atoms with Gasteiger partial charge in [0.05, 0.1) is 5.92 Å². The summed E-state index contributed by atoms with van der Waals surface area (Å²) in [5, 5.41) is 3.51. The third-order valence-electron chi connectivity index (χ3n) is 5.64. The lowest BCUT2D eigenvalue weighted by atomic mass is 9.74. The molecule has 2 aromatic rings. The van der Waals surface area contributed by atoms with Crippen LogP contribution in [0.3, 0.4) is 0 Å². The number of hydrogen-bond acceptors (Lipinski definition) is 3. The van der Waals surface area contributed by atoms with Gasteiger partial charge in [-0.25, -0.2) is 0 Å². The topological polar surface area (TPSA) is 32.3 Å². The number of nitrogens with one attached hydrogen (secondary N) is 1. The van der Waals surface area contributed by atoms with Crippen molar-refractivity contribution in [1.29, 1.82) is 0 Å². The minimum absolute atomic E-state index is 0.0907. The van der Waals surface area contributed by atoms with E-state index < -0.39 is 0 Å². The summed E-state index contributed by atoms with van der Waals surface area (Å²) in [6.07, 6.45) is 1.61. The van der Waals surface area contributed by atoms with Gasteiger partial charge in [0.15, 0.2) is 0 Å². The van der Waals surface area contributed by atoms with E-state index in [2.05, 4.69) is 70.9 Å². The number of carbonyl (C=O) groups excluding carboxylic acids is 1. The van der Waals surface area contributed by atoms with E-state index in [-0.39, 0.29) is 11.5 Å². The average Bonchev–Trinajstić information content (AvgIpc) is 3.05. The molecular formula is C21H24N2O. The number of hydrogen-bond donors (Lipinski definition) is 1. The van der Waals surface area contributed by atoms with Crippen LogP contribution in [-0.4, -0.2) is 35.9 Å². The summed E-state index contributed by atoms with van der Waals surface area (Å²) in [5.41, 5.74) is 2.55. The normalized spacial score (nSPS) is 27.2. The van der Waals surface area contributed by atoms with Crippen molar-refractivity contribution in [2.45, 2.75) is 24.9 Å². The number of likely N-dealkylation sites (tertiary alicyclic amines) is 1. The molecule has 2 aliphatic heterocycles. The molecule has 3 heteroatoms. The molecule has 0 saturated carbocycles. The number of nitrogens with zero attached hydrogens (tertiary/aromatic N) is 1. The highest BCUT2D eigenvalue weighted by Crippen LogP contribution is 2.38. The predicted molar refractivity (Wildman–Crippen MR) is 95.7 cm³/mol. The Kier molecular flexibility index (Phi) is 4.21. The third-order valence-corrected chi connectivity index (χ3v) is 5.64. The fourth-order valence-electron chi connectivity index (χ4n) is 4.42. The van der Waals surface area contributed by atoms with Gasteiger partial charge in [0.2, 0.25) is 0 Å². The molecule has 0 radical (unpaired) electrons. The van der Waals surface area contributed by atoms with E-state index in [0.29, 0.717) is 12.2 Å². The zero-order valence-electron chi connectivity index (χ0n) is 13.9. The van der Waals surface area contributed by atoms with Crippen molar-refractivity contribution in [2.75, 3.05) is 19.6 Å². The van der Waals surface area contributed by atoms with E-state index in [1.807, 2.05) is 0 Å². The number of piperidine rings is 1. The molecule has 0 aromatic heterocycles. The number of carbonyl (C=O) groups is 1. The Bertz CT molecular complexity index is 700. The van der Waals surface area contributed by atoms with Crippen LogP contribution in [0.15, 0.2) is 60.7 Å². The maximum atomic E-state index is 12.6. The molecule has 2 heterocycles. The van der Waals surface area contributed by atoms with Gasteiger partial charge in [-0.15, -0.1) is 0 Å². The Morgan fingerprint density at radius 1 is 1.00 bits per heavy atom.